The second kappa shape index (κ2) is 10.2. The first-order valence-corrected chi connectivity index (χ1v) is 10.4. The Bertz CT molecular complexity index is 1190. The van der Waals surface area contributed by atoms with Crippen molar-refractivity contribution in [1.82, 2.24) is 5.32 Å². The van der Waals surface area contributed by atoms with E-state index in [2.05, 4.69) is 5.32 Å². The fourth-order valence-corrected chi connectivity index (χ4v) is 3.31. The maximum atomic E-state index is 15.1. The molecule has 0 unspecified atom stereocenters. The molecule has 178 valence electrons. The number of carboxylic acids is 1. The van der Waals surface area contributed by atoms with E-state index in [0.717, 1.165) is 6.07 Å². The summed E-state index contributed by atoms with van der Waals surface area (Å²) >= 11 is 0. The largest absolute Gasteiger partial charge is 0.480 e. The molecule has 3 aromatic rings. The van der Waals surface area contributed by atoms with Gasteiger partial charge in [-0.2, -0.15) is 13.2 Å². The maximum absolute atomic E-state index is 15.1. The first kappa shape index (κ1) is 25.1. The van der Waals surface area contributed by atoms with Crippen molar-refractivity contribution >= 4 is 18.1 Å². The van der Waals surface area contributed by atoms with Crippen molar-refractivity contribution in [2.75, 3.05) is 6.61 Å². The second-order valence-electron chi connectivity index (χ2n) is 7.98. The van der Waals surface area contributed by atoms with Gasteiger partial charge in [-0.25, -0.2) is 4.39 Å². The highest BCUT2D eigenvalue weighted by Crippen LogP contribution is 2.34. The summed E-state index contributed by atoms with van der Waals surface area (Å²) in [4.78, 5) is 11.3. The molecule has 1 atom stereocenters. The average molecular weight is 473 g/mol. The van der Waals surface area contributed by atoms with Crippen molar-refractivity contribution in [3.05, 3.63) is 94.8 Å². The third-order valence-electron chi connectivity index (χ3n) is 5.45. The lowest BCUT2D eigenvalue weighted by molar-refractivity contribution is -0.146. The molecular formula is C26H23F4NO3. The van der Waals surface area contributed by atoms with Gasteiger partial charge >= 0.3 is 12.1 Å². The highest BCUT2D eigenvalue weighted by atomic mass is 19.4. The molecule has 0 fully saturated rings. The number of carboxylic acid groups (broad SMARTS) is 1. The van der Waals surface area contributed by atoms with Gasteiger partial charge in [-0.1, -0.05) is 66.7 Å². The lowest BCUT2D eigenvalue weighted by Crippen LogP contribution is -2.52. The van der Waals surface area contributed by atoms with Crippen molar-refractivity contribution < 1.29 is 32.6 Å². The zero-order valence-corrected chi connectivity index (χ0v) is 18.2. The van der Waals surface area contributed by atoms with Crippen molar-refractivity contribution in [2.45, 2.75) is 25.2 Å². The lowest BCUT2D eigenvalue weighted by Gasteiger charge is -2.24. The number of nitrogens with one attached hydrogen (secondary N) is 1. The summed E-state index contributed by atoms with van der Waals surface area (Å²) in [6, 6.07) is 16.9. The van der Waals surface area contributed by atoms with Gasteiger partial charge in [-0.3, -0.25) is 10.1 Å². The predicted octanol–water partition coefficient (Wildman–Crippen LogP) is 5.61. The van der Waals surface area contributed by atoms with E-state index in [0.29, 0.717) is 16.7 Å². The van der Waals surface area contributed by atoms with Crippen LogP contribution in [0.1, 0.15) is 29.2 Å². The molecule has 8 heteroatoms. The number of aliphatic carboxylic acids is 1. The van der Waals surface area contributed by atoms with Gasteiger partial charge in [-0.15, -0.1) is 0 Å². The molecule has 34 heavy (non-hydrogen) atoms. The summed E-state index contributed by atoms with van der Waals surface area (Å²) in [5.74, 6) is -1.85. The Labute approximate surface area is 194 Å². The van der Waals surface area contributed by atoms with Gasteiger partial charge in [0, 0.05) is 17.7 Å². The SMILES string of the molecule is C[C@@](CO)(NCc1ccc(C(F)(F)F)c(/C=C/c2cccc(-c3ccccc3)c2F)c1)C(=O)O. The molecule has 0 saturated carbocycles. The quantitative estimate of drug-likeness (QED) is 0.294. The molecule has 0 bridgehead atoms. The Balaban J connectivity index is 1.95. The topological polar surface area (TPSA) is 69.6 Å². The van der Waals surface area contributed by atoms with Gasteiger partial charge in [0.25, 0.3) is 0 Å². The van der Waals surface area contributed by atoms with E-state index in [9.17, 15) is 28.2 Å². The second-order valence-corrected chi connectivity index (χ2v) is 7.98. The smallest absolute Gasteiger partial charge is 0.416 e. The minimum atomic E-state index is -4.64. The average Bonchev–Trinajstić information content (AvgIpc) is 2.81. The number of rotatable bonds is 8. The molecule has 0 aromatic heterocycles. The summed E-state index contributed by atoms with van der Waals surface area (Å²) in [6.07, 6.45) is -2.18. The number of hydrogen-bond donors (Lipinski definition) is 3. The van der Waals surface area contributed by atoms with Crippen LogP contribution in [0.15, 0.2) is 66.7 Å². The summed E-state index contributed by atoms with van der Waals surface area (Å²) in [5.41, 5.74) is -1.30. The molecule has 0 amide bonds. The van der Waals surface area contributed by atoms with E-state index >= 15 is 4.39 Å². The Morgan fingerprint density at radius 2 is 1.65 bits per heavy atom. The third kappa shape index (κ3) is 5.70. The molecule has 0 heterocycles. The first-order chi connectivity index (χ1) is 16.0. The molecule has 0 radical (unpaired) electrons. The van der Waals surface area contributed by atoms with Gasteiger partial charge in [-0.05, 0) is 35.7 Å². The van der Waals surface area contributed by atoms with Gasteiger partial charge in [0.2, 0.25) is 0 Å². The van der Waals surface area contributed by atoms with Crippen LogP contribution in [0.25, 0.3) is 23.3 Å². The fraction of sp³-hybridized carbons (Fsp3) is 0.192. The number of hydrogen-bond acceptors (Lipinski definition) is 3. The number of carbonyl (C=O) groups is 1. The monoisotopic (exact) mass is 473 g/mol. The van der Waals surface area contributed by atoms with Crippen LogP contribution in [-0.2, 0) is 17.5 Å². The van der Waals surface area contributed by atoms with Crippen molar-refractivity contribution in [3.8, 4) is 11.1 Å². The molecule has 0 aliphatic heterocycles. The Morgan fingerprint density at radius 3 is 2.26 bits per heavy atom. The van der Waals surface area contributed by atoms with Crippen LogP contribution in [0.4, 0.5) is 17.6 Å². The number of alkyl halides is 3. The maximum Gasteiger partial charge on any atom is 0.416 e. The van der Waals surface area contributed by atoms with Crippen LogP contribution >= 0.6 is 0 Å². The number of halogens is 4. The van der Waals surface area contributed by atoms with E-state index in [1.54, 1.807) is 42.5 Å². The highest BCUT2D eigenvalue weighted by molar-refractivity contribution is 5.78. The number of aliphatic hydroxyl groups excluding tert-OH is 1. The van der Waals surface area contributed by atoms with E-state index in [1.165, 1.54) is 37.3 Å². The standard InChI is InChI=1S/C26H23F4NO3/c1-25(16-32,24(33)34)31-15-17-10-13-22(26(28,29)30)20(14-17)12-11-19-8-5-9-21(23(19)27)18-6-3-2-4-7-18/h2-14,31-32H,15-16H2,1H3,(H,33,34)/b12-11+/t25-/m0/s1. The molecule has 4 nitrogen and oxygen atoms in total. The first-order valence-electron chi connectivity index (χ1n) is 10.4. The molecule has 0 aliphatic rings. The van der Waals surface area contributed by atoms with Crippen LogP contribution in [0.2, 0.25) is 0 Å². The van der Waals surface area contributed by atoms with Crippen LogP contribution in [-0.4, -0.2) is 28.3 Å². The van der Waals surface area contributed by atoms with Gasteiger partial charge < -0.3 is 10.2 Å². The zero-order chi connectivity index (χ0) is 24.9. The minimum absolute atomic E-state index is 0.0970. The van der Waals surface area contributed by atoms with Crippen LogP contribution in [0.5, 0.6) is 0 Å². The molecule has 0 spiro atoms. The summed E-state index contributed by atoms with van der Waals surface area (Å²) < 4.78 is 55.8. The fourth-order valence-electron chi connectivity index (χ4n) is 3.31. The molecule has 0 saturated heterocycles. The molecule has 3 rings (SSSR count). The van der Waals surface area contributed by atoms with E-state index in [1.807, 2.05) is 0 Å². The van der Waals surface area contributed by atoms with E-state index in [-0.39, 0.29) is 17.7 Å². The van der Waals surface area contributed by atoms with Gasteiger partial charge in [0.15, 0.2) is 0 Å². The number of benzene rings is 3. The minimum Gasteiger partial charge on any atom is -0.480 e. The predicted molar refractivity (Wildman–Crippen MR) is 122 cm³/mol. The summed E-state index contributed by atoms with van der Waals surface area (Å²) in [5, 5.41) is 21.2. The lowest BCUT2D eigenvalue weighted by atomic mass is 9.99. The highest BCUT2D eigenvalue weighted by Gasteiger charge is 2.34. The van der Waals surface area contributed by atoms with E-state index in [4.69, 9.17) is 0 Å². The van der Waals surface area contributed by atoms with Crippen molar-refractivity contribution in [2.24, 2.45) is 0 Å². The molecule has 0 aliphatic carbocycles. The Hall–Kier alpha value is -3.49. The van der Waals surface area contributed by atoms with E-state index < -0.39 is 35.7 Å². The van der Waals surface area contributed by atoms with Crippen LogP contribution in [0.3, 0.4) is 0 Å². The van der Waals surface area contributed by atoms with Crippen molar-refractivity contribution in [3.63, 3.8) is 0 Å². The summed E-state index contributed by atoms with van der Waals surface area (Å²) in [6.45, 7) is 0.468. The van der Waals surface area contributed by atoms with Gasteiger partial charge in [0.1, 0.15) is 11.4 Å². The van der Waals surface area contributed by atoms with Gasteiger partial charge in [0.05, 0.1) is 12.2 Å². The zero-order valence-electron chi connectivity index (χ0n) is 18.2. The molecule has 3 aromatic carbocycles. The van der Waals surface area contributed by atoms with Crippen LogP contribution < -0.4 is 5.32 Å². The Kier molecular flexibility index (Phi) is 7.54. The molecule has 3 N–H and O–H groups in total. The molecular weight excluding hydrogens is 450 g/mol. The third-order valence-corrected chi connectivity index (χ3v) is 5.45. The summed E-state index contributed by atoms with van der Waals surface area (Å²) in [7, 11) is 0. The number of aliphatic hydroxyl groups is 1. The Morgan fingerprint density at radius 1 is 0.971 bits per heavy atom. The van der Waals surface area contributed by atoms with Crippen molar-refractivity contribution in [1.29, 1.82) is 0 Å². The van der Waals surface area contributed by atoms with Crippen LogP contribution in [0, 0.1) is 5.82 Å². The normalized spacial score (nSPS) is 13.7.